The number of benzene rings is 2. The summed E-state index contributed by atoms with van der Waals surface area (Å²) in [4.78, 5) is 16.8. The van der Waals surface area contributed by atoms with Crippen molar-refractivity contribution in [2.75, 3.05) is 7.11 Å². The monoisotopic (exact) mass is 331 g/mol. The summed E-state index contributed by atoms with van der Waals surface area (Å²) < 4.78 is 10.4. The number of esters is 1. The summed E-state index contributed by atoms with van der Waals surface area (Å²) in [5.41, 5.74) is 1.52. The largest absolute Gasteiger partial charge is 0.497 e. The molecule has 0 aliphatic carbocycles. The molecule has 4 nitrogen and oxygen atoms in total. The van der Waals surface area contributed by atoms with Crippen LogP contribution in [-0.2, 0) is 9.53 Å². The van der Waals surface area contributed by atoms with E-state index in [1.807, 2.05) is 0 Å². The summed E-state index contributed by atoms with van der Waals surface area (Å²) in [5.74, 6) is 0.250. The predicted octanol–water partition coefficient (Wildman–Crippen LogP) is 4.42. The lowest BCUT2D eigenvalue weighted by Gasteiger charge is -2.11. The second-order valence-electron chi connectivity index (χ2n) is 5.12. The van der Waals surface area contributed by atoms with E-state index in [-0.39, 0.29) is 11.8 Å². The minimum absolute atomic E-state index is 0.226. The molecule has 0 N–H and O–H groups in total. The number of aliphatic imine (C=N–C) groups is 1. The van der Waals surface area contributed by atoms with Gasteiger partial charge in [0.25, 0.3) is 0 Å². The van der Waals surface area contributed by atoms with Gasteiger partial charge in [-0.15, -0.1) is 0 Å². The van der Waals surface area contributed by atoms with Crippen LogP contribution < -0.4 is 4.74 Å². The normalized spacial score (nSPS) is 11.4. The number of rotatable bonds is 5. The van der Waals surface area contributed by atoms with E-state index < -0.39 is 5.97 Å². The molecular weight excluding hydrogens is 314 g/mol. The molecule has 2 rings (SSSR count). The number of carbonyl (C=O) groups is 1. The summed E-state index contributed by atoms with van der Waals surface area (Å²) in [6.45, 7) is 3.59. The number of hydrogen-bond acceptors (Lipinski definition) is 4. The molecule has 2 aromatic carbocycles. The standard InChI is InChI=1S/C18H18ClNO3/c1-12(2)23-18(21)17(13-4-6-14(19)7-5-13)20-15-8-10-16(22-3)11-9-15/h4-12H,1-3H3. The number of nitrogens with zero attached hydrogens (tertiary/aromatic N) is 1. The van der Waals surface area contributed by atoms with Crippen LogP contribution >= 0.6 is 11.6 Å². The highest BCUT2D eigenvalue weighted by Crippen LogP contribution is 2.20. The van der Waals surface area contributed by atoms with Crippen LogP contribution in [0.5, 0.6) is 5.75 Å². The smallest absolute Gasteiger partial charge is 0.357 e. The van der Waals surface area contributed by atoms with Crippen LogP contribution in [0.15, 0.2) is 53.5 Å². The van der Waals surface area contributed by atoms with Crippen LogP contribution in [-0.4, -0.2) is 24.9 Å². The number of hydrogen-bond donors (Lipinski definition) is 0. The zero-order chi connectivity index (χ0) is 16.8. The lowest BCUT2D eigenvalue weighted by Crippen LogP contribution is -2.22. The molecule has 0 aliphatic heterocycles. The van der Waals surface area contributed by atoms with Gasteiger partial charge < -0.3 is 9.47 Å². The van der Waals surface area contributed by atoms with Crippen molar-refractivity contribution in [3.8, 4) is 5.75 Å². The van der Waals surface area contributed by atoms with Crippen molar-refractivity contribution in [2.45, 2.75) is 20.0 Å². The first-order chi connectivity index (χ1) is 11.0. The molecule has 5 heteroatoms. The summed E-state index contributed by atoms with van der Waals surface area (Å²) >= 11 is 5.90. The minimum Gasteiger partial charge on any atom is -0.497 e. The van der Waals surface area contributed by atoms with Gasteiger partial charge in [0.15, 0.2) is 5.71 Å². The van der Waals surface area contributed by atoms with E-state index in [0.29, 0.717) is 16.3 Å². The Balaban J connectivity index is 2.40. The topological polar surface area (TPSA) is 47.9 Å². The van der Waals surface area contributed by atoms with Crippen molar-refractivity contribution < 1.29 is 14.3 Å². The van der Waals surface area contributed by atoms with Gasteiger partial charge in [-0.1, -0.05) is 23.7 Å². The molecule has 0 heterocycles. The Bertz CT molecular complexity index is 691. The lowest BCUT2D eigenvalue weighted by molar-refractivity contribution is -0.138. The maximum Gasteiger partial charge on any atom is 0.357 e. The number of methoxy groups -OCH3 is 1. The van der Waals surface area contributed by atoms with E-state index in [4.69, 9.17) is 21.1 Å². The van der Waals surface area contributed by atoms with Crippen molar-refractivity contribution in [3.63, 3.8) is 0 Å². The third-order valence-corrected chi connectivity index (χ3v) is 3.22. The summed E-state index contributed by atoms with van der Waals surface area (Å²) in [6, 6.07) is 14.0. The molecule has 0 radical (unpaired) electrons. The average Bonchev–Trinajstić information content (AvgIpc) is 2.53. The Morgan fingerprint density at radius 3 is 2.17 bits per heavy atom. The Labute approximate surface area is 140 Å². The maximum atomic E-state index is 12.4. The molecule has 120 valence electrons. The highest BCUT2D eigenvalue weighted by atomic mass is 35.5. The third-order valence-electron chi connectivity index (χ3n) is 2.97. The SMILES string of the molecule is COc1ccc(N=C(C(=O)OC(C)C)c2ccc(Cl)cc2)cc1. The molecule has 2 aromatic rings. The zero-order valence-electron chi connectivity index (χ0n) is 13.2. The van der Waals surface area contributed by atoms with Gasteiger partial charge in [-0.2, -0.15) is 0 Å². The van der Waals surface area contributed by atoms with Gasteiger partial charge in [0.2, 0.25) is 0 Å². The van der Waals surface area contributed by atoms with E-state index in [1.165, 1.54) is 0 Å². The quantitative estimate of drug-likeness (QED) is 0.602. The molecule has 0 aromatic heterocycles. The van der Waals surface area contributed by atoms with Crippen LogP contribution in [0.2, 0.25) is 5.02 Å². The molecule has 0 unspecified atom stereocenters. The second kappa shape index (κ2) is 7.79. The van der Waals surface area contributed by atoms with E-state index in [1.54, 1.807) is 69.5 Å². The zero-order valence-corrected chi connectivity index (χ0v) is 14.0. The molecule has 23 heavy (non-hydrogen) atoms. The van der Waals surface area contributed by atoms with Crippen molar-refractivity contribution in [1.82, 2.24) is 0 Å². The average molecular weight is 332 g/mol. The van der Waals surface area contributed by atoms with E-state index in [9.17, 15) is 4.79 Å². The van der Waals surface area contributed by atoms with Crippen LogP contribution in [0.25, 0.3) is 0 Å². The first-order valence-corrected chi connectivity index (χ1v) is 7.57. The summed E-state index contributed by atoms with van der Waals surface area (Å²) in [7, 11) is 1.59. The molecule has 0 amide bonds. The molecule has 0 fully saturated rings. The Morgan fingerprint density at radius 1 is 1.04 bits per heavy atom. The number of carbonyl (C=O) groups excluding carboxylic acids is 1. The highest BCUT2D eigenvalue weighted by molar-refractivity contribution is 6.44. The first-order valence-electron chi connectivity index (χ1n) is 7.19. The van der Waals surface area contributed by atoms with E-state index in [2.05, 4.69) is 4.99 Å². The van der Waals surface area contributed by atoms with Crippen LogP contribution in [0.3, 0.4) is 0 Å². The van der Waals surface area contributed by atoms with Crippen LogP contribution in [0.4, 0.5) is 5.69 Å². The Hall–Kier alpha value is -2.33. The van der Waals surface area contributed by atoms with Crippen molar-refractivity contribution in [3.05, 3.63) is 59.1 Å². The van der Waals surface area contributed by atoms with Gasteiger partial charge in [0.1, 0.15) is 5.75 Å². The predicted molar refractivity (Wildman–Crippen MR) is 91.9 cm³/mol. The third kappa shape index (κ3) is 4.83. The Morgan fingerprint density at radius 2 is 1.65 bits per heavy atom. The molecular formula is C18H18ClNO3. The lowest BCUT2D eigenvalue weighted by atomic mass is 10.1. The maximum absolute atomic E-state index is 12.4. The van der Waals surface area contributed by atoms with Crippen LogP contribution in [0, 0.1) is 0 Å². The second-order valence-corrected chi connectivity index (χ2v) is 5.56. The molecule has 0 bridgehead atoms. The van der Waals surface area contributed by atoms with E-state index in [0.717, 1.165) is 5.75 Å². The fraction of sp³-hybridized carbons (Fsp3) is 0.222. The van der Waals surface area contributed by atoms with Gasteiger partial charge in [-0.3, -0.25) is 0 Å². The molecule has 0 saturated heterocycles. The molecule has 0 saturated carbocycles. The van der Waals surface area contributed by atoms with Crippen molar-refractivity contribution in [2.24, 2.45) is 4.99 Å². The van der Waals surface area contributed by atoms with Crippen LogP contribution in [0.1, 0.15) is 19.4 Å². The minimum atomic E-state index is -0.474. The van der Waals surface area contributed by atoms with Gasteiger partial charge >= 0.3 is 5.97 Å². The molecule has 0 spiro atoms. The molecule has 0 aliphatic rings. The first kappa shape index (κ1) is 17.0. The number of halogens is 1. The highest BCUT2D eigenvalue weighted by Gasteiger charge is 2.17. The fourth-order valence-electron chi connectivity index (χ4n) is 1.89. The van der Waals surface area contributed by atoms with E-state index >= 15 is 0 Å². The van der Waals surface area contributed by atoms with Crippen molar-refractivity contribution >= 4 is 29.0 Å². The van der Waals surface area contributed by atoms with Gasteiger partial charge in [-0.05, 0) is 50.2 Å². The molecule has 0 atom stereocenters. The number of ether oxygens (including phenoxy) is 2. The fourth-order valence-corrected chi connectivity index (χ4v) is 2.02. The Kier molecular flexibility index (Phi) is 5.77. The van der Waals surface area contributed by atoms with Gasteiger partial charge in [-0.25, -0.2) is 9.79 Å². The van der Waals surface area contributed by atoms with Gasteiger partial charge in [0, 0.05) is 10.6 Å². The summed E-state index contributed by atoms with van der Waals surface area (Å²) in [6.07, 6.45) is -0.226. The van der Waals surface area contributed by atoms with Crippen molar-refractivity contribution in [1.29, 1.82) is 0 Å². The van der Waals surface area contributed by atoms with Gasteiger partial charge in [0.05, 0.1) is 18.9 Å². The summed E-state index contributed by atoms with van der Waals surface area (Å²) in [5, 5.41) is 0.592.